The van der Waals surface area contributed by atoms with Crippen LogP contribution in [0.25, 0.3) is 0 Å². The molecule has 0 saturated heterocycles. The van der Waals surface area contributed by atoms with E-state index in [1.165, 1.54) is 12.4 Å². The van der Waals surface area contributed by atoms with E-state index in [1.807, 2.05) is 0 Å². The Morgan fingerprint density at radius 2 is 0.897 bits per heavy atom. The molecule has 6 N–H and O–H groups in total. The van der Waals surface area contributed by atoms with Gasteiger partial charge in [0.1, 0.15) is 39.6 Å². The van der Waals surface area contributed by atoms with Gasteiger partial charge in [-0.2, -0.15) is 0 Å². The summed E-state index contributed by atoms with van der Waals surface area (Å²) < 4.78 is 3.33. The minimum absolute atomic E-state index is 0.0382. The lowest BCUT2D eigenvalue weighted by Crippen LogP contribution is -2.25. The third-order valence-electron chi connectivity index (χ3n) is 2.99. The average Bonchev–Trinajstić information content (AvgIpc) is 2.63. The maximum Gasteiger partial charge on any atom is 0.165 e. The van der Waals surface area contributed by atoms with Crippen molar-refractivity contribution < 1.29 is 59.6 Å². The topological polar surface area (TPSA) is 208 Å². The van der Waals surface area contributed by atoms with Gasteiger partial charge in [-0.25, -0.2) is 9.15 Å². The Morgan fingerprint density at radius 3 is 1.07 bits per heavy atom. The molecule has 0 aliphatic carbocycles. The van der Waals surface area contributed by atoms with Gasteiger partial charge in [-0.15, -0.1) is 0 Å². The predicted molar refractivity (Wildman–Crippen MR) is 98.5 cm³/mol. The van der Waals surface area contributed by atoms with Crippen molar-refractivity contribution in [1.29, 1.82) is 0 Å². The normalized spacial score (nSPS) is 9.31. The fourth-order valence-corrected chi connectivity index (χ4v) is 1.71. The van der Waals surface area contributed by atoms with Gasteiger partial charge in [-0.3, -0.25) is 0 Å². The van der Waals surface area contributed by atoms with Crippen molar-refractivity contribution in [3.8, 4) is 0 Å². The van der Waals surface area contributed by atoms with E-state index < -0.39 is 11.9 Å². The molecule has 0 spiro atoms. The maximum atomic E-state index is 9.66. The molecule has 0 heterocycles. The standard InChI is InChI=1S/2C6H14NO3.C5H8O4/c2*8-4-1-7(2-5-9)3-6-10;6-4(7)2-1-3-5(8)9/h2*1,8-10H,2-6H2;1-3H2,(H,6,7)(H,8,9)/q2*+1;/p-2. The first-order valence-corrected chi connectivity index (χ1v) is 9.02. The van der Waals surface area contributed by atoms with Crippen LogP contribution in [0.15, 0.2) is 0 Å². The van der Waals surface area contributed by atoms with Crippen LogP contribution in [0.4, 0.5) is 0 Å². The molecule has 0 aromatic carbocycles. The molecule has 0 unspecified atom stereocenters. The van der Waals surface area contributed by atoms with Gasteiger partial charge >= 0.3 is 0 Å². The molecule has 0 saturated carbocycles. The highest BCUT2D eigenvalue weighted by atomic mass is 16.4. The van der Waals surface area contributed by atoms with Gasteiger partial charge in [0, 0.05) is 11.9 Å². The zero-order chi connectivity index (χ0) is 22.9. The summed E-state index contributed by atoms with van der Waals surface area (Å²) in [5.41, 5.74) is 0. The number of aliphatic hydroxyl groups excluding tert-OH is 6. The Morgan fingerprint density at radius 1 is 0.621 bits per heavy atom. The number of nitrogens with zero attached hydrogens (tertiary/aromatic N) is 2. The molecule has 12 nitrogen and oxygen atoms in total. The number of hydrogen-bond acceptors (Lipinski definition) is 10. The molecule has 0 aliphatic rings. The molecule has 0 rings (SSSR count). The van der Waals surface area contributed by atoms with Gasteiger partial charge in [-0.1, -0.05) is 0 Å². The lowest BCUT2D eigenvalue weighted by Gasteiger charge is -2.01. The third kappa shape index (κ3) is 31.0. The van der Waals surface area contributed by atoms with Crippen LogP contribution in [0.2, 0.25) is 0 Å². The van der Waals surface area contributed by atoms with Gasteiger partial charge in [0.05, 0.1) is 0 Å². The second-order valence-electron chi connectivity index (χ2n) is 5.29. The number of aliphatic hydroxyl groups is 6. The van der Waals surface area contributed by atoms with Crippen LogP contribution in [0, 0.1) is 0 Å². The summed E-state index contributed by atoms with van der Waals surface area (Å²) in [6.45, 7) is 1.88. The lowest BCUT2D eigenvalue weighted by molar-refractivity contribution is -0.529. The van der Waals surface area contributed by atoms with E-state index in [1.54, 1.807) is 9.15 Å². The van der Waals surface area contributed by atoms with Crippen molar-refractivity contribution in [1.82, 2.24) is 0 Å². The van der Waals surface area contributed by atoms with Crippen molar-refractivity contribution in [2.75, 3.05) is 65.8 Å². The van der Waals surface area contributed by atoms with E-state index in [-0.39, 0.29) is 58.9 Å². The highest BCUT2D eigenvalue weighted by Gasteiger charge is 2.00. The van der Waals surface area contributed by atoms with Crippen molar-refractivity contribution in [2.24, 2.45) is 0 Å². The van der Waals surface area contributed by atoms with Crippen LogP contribution < -0.4 is 10.2 Å². The summed E-state index contributed by atoms with van der Waals surface area (Å²) in [7, 11) is 0. The summed E-state index contributed by atoms with van der Waals surface area (Å²) in [4.78, 5) is 19.3. The number of rotatable bonds is 14. The van der Waals surface area contributed by atoms with Crippen LogP contribution in [0.3, 0.4) is 0 Å². The molecule has 29 heavy (non-hydrogen) atoms. The Balaban J connectivity index is -0.000000350. The first-order chi connectivity index (χ1) is 13.8. The zero-order valence-electron chi connectivity index (χ0n) is 16.6. The summed E-state index contributed by atoms with van der Waals surface area (Å²) in [5, 5.41) is 70.0. The zero-order valence-corrected chi connectivity index (χ0v) is 16.6. The molecule has 0 fully saturated rings. The first kappa shape index (κ1) is 31.7. The van der Waals surface area contributed by atoms with Gasteiger partial charge < -0.3 is 50.4 Å². The van der Waals surface area contributed by atoms with Crippen LogP contribution in [-0.4, -0.2) is 130 Å². The molecule has 0 atom stereocenters. The van der Waals surface area contributed by atoms with E-state index in [0.29, 0.717) is 26.2 Å². The highest BCUT2D eigenvalue weighted by molar-refractivity contribution is 5.67. The fourth-order valence-electron chi connectivity index (χ4n) is 1.71. The molecule has 0 bridgehead atoms. The number of carboxylic acids is 2. The molecule has 0 aromatic rings. The van der Waals surface area contributed by atoms with Crippen molar-refractivity contribution >= 4 is 24.4 Å². The van der Waals surface area contributed by atoms with Crippen molar-refractivity contribution in [3.05, 3.63) is 0 Å². The Hall–Kier alpha value is -1.96. The Bertz CT molecular complexity index is 399. The minimum Gasteiger partial charge on any atom is -0.550 e. The third-order valence-corrected chi connectivity index (χ3v) is 2.99. The number of carbonyl (C=O) groups is 2. The number of carboxylic acid groups (broad SMARTS) is 2. The minimum atomic E-state index is -1.23. The van der Waals surface area contributed by atoms with Gasteiger partial charge in [0.25, 0.3) is 0 Å². The van der Waals surface area contributed by atoms with Crippen LogP contribution >= 0.6 is 0 Å². The quantitative estimate of drug-likeness (QED) is 0.114. The van der Waals surface area contributed by atoms with E-state index in [2.05, 4.69) is 0 Å². The lowest BCUT2D eigenvalue weighted by atomic mass is 10.2. The second kappa shape index (κ2) is 26.0. The monoisotopic (exact) mass is 426 g/mol. The van der Waals surface area contributed by atoms with E-state index in [4.69, 9.17) is 30.6 Å². The summed E-state index contributed by atoms with van der Waals surface area (Å²) in [6.07, 6.45) is 2.73. The Kier molecular flexibility index (Phi) is 28.5. The molecule has 0 aromatic heterocycles. The van der Waals surface area contributed by atoms with Gasteiger partial charge in [0.2, 0.25) is 0 Å². The van der Waals surface area contributed by atoms with E-state index in [9.17, 15) is 19.8 Å². The summed E-state index contributed by atoms with van der Waals surface area (Å²) in [6, 6.07) is 0. The molecular formula is C17H34N2O10. The predicted octanol–water partition coefficient (Wildman–Crippen LogP) is -6.25. The molecular weight excluding hydrogens is 392 g/mol. The number of carbonyl (C=O) groups excluding carboxylic acids is 2. The van der Waals surface area contributed by atoms with Crippen LogP contribution in [-0.2, 0) is 9.59 Å². The fraction of sp³-hybridized carbons (Fsp3) is 0.765. The van der Waals surface area contributed by atoms with Crippen LogP contribution in [0.1, 0.15) is 19.3 Å². The van der Waals surface area contributed by atoms with E-state index in [0.717, 1.165) is 0 Å². The average molecular weight is 426 g/mol. The van der Waals surface area contributed by atoms with E-state index >= 15 is 0 Å². The molecule has 0 amide bonds. The van der Waals surface area contributed by atoms with Gasteiger partial charge in [0.15, 0.2) is 38.6 Å². The molecule has 0 aliphatic heterocycles. The first-order valence-electron chi connectivity index (χ1n) is 9.02. The Labute approximate surface area is 169 Å². The smallest absolute Gasteiger partial charge is 0.165 e. The molecule has 172 valence electrons. The molecule has 0 radical (unpaired) electrons. The van der Waals surface area contributed by atoms with Gasteiger partial charge in [-0.05, 0) is 19.3 Å². The second-order valence-corrected chi connectivity index (χ2v) is 5.29. The van der Waals surface area contributed by atoms with Crippen molar-refractivity contribution in [3.63, 3.8) is 0 Å². The molecule has 12 heteroatoms. The highest BCUT2D eigenvalue weighted by Crippen LogP contribution is 1.90. The SMILES string of the molecule is O=C([O-])CCCC(=O)[O-].OCC=[N+](CCO)CCO.OCC=[N+](CCO)CCO. The maximum absolute atomic E-state index is 9.66. The largest absolute Gasteiger partial charge is 0.550 e. The number of aliphatic carboxylic acids is 2. The van der Waals surface area contributed by atoms with Crippen LogP contribution in [0.5, 0.6) is 0 Å². The summed E-state index contributed by atoms with van der Waals surface area (Å²) >= 11 is 0. The van der Waals surface area contributed by atoms with Crippen molar-refractivity contribution in [2.45, 2.75) is 19.3 Å². The summed E-state index contributed by atoms with van der Waals surface area (Å²) in [5.74, 6) is -2.45. The number of hydrogen-bond donors (Lipinski definition) is 6.